The molecule has 0 radical (unpaired) electrons. The fraction of sp³-hybridized carbons (Fsp3) is 0.235. The first kappa shape index (κ1) is 17.0. The topological polar surface area (TPSA) is 48.0 Å². The van der Waals surface area contributed by atoms with Crippen molar-refractivity contribution in [2.24, 2.45) is 0 Å². The second-order valence-corrected chi connectivity index (χ2v) is 4.90. The van der Waals surface area contributed by atoms with Crippen LogP contribution in [-0.4, -0.2) is 24.3 Å². The van der Waals surface area contributed by atoms with Crippen LogP contribution in [0.2, 0.25) is 5.02 Å². The van der Waals surface area contributed by atoms with E-state index in [4.69, 9.17) is 25.9 Å². The molecule has 0 bridgehead atoms. The molecule has 0 aliphatic carbocycles. The summed E-state index contributed by atoms with van der Waals surface area (Å²) in [5.74, 6) is 1.63. The lowest BCUT2D eigenvalue weighted by Gasteiger charge is -2.20. The van der Waals surface area contributed by atoms with Gasteiger partial charge in [-0.1, -0.05) is 29.8 Å². The maximum Gasteiger partial charge on any atom is 0.443 e. The van der Waals surface area contributed by atoms with Gasteiger partial charge in [0.2, 0.25) is 0 Å². The maximum atomic E-state index is 11.7. The zero-order chi connectivity index (χ0) is 16.7. The highest BCUT2D eigenvalue weighted by Gasteiger charge is 2.16. The van der Waals surface area contributed by atoms with Crippen LogP contribution < -0.4 is 9.57 Å². The van der Waals surface area contributed by atoms with E-state index in [0.717, 1.165) is 5.06 Å². The van der Waals surface area contributed by atoms with Crippen LogP contribution in [0.15, 0.2) is 48.5 Å². The highest BCUT2D eigenvalue weighted by Crippen LogP contribution is 2.31. The van der Waals surface area contributed by atoms with Gasteiger partial charge in [0.15, 0.2) is 5.75 Å². The molecule has 2 rings (SSSR count). The number of carbonyl (C=O) groups excluding carboxylic acids is 1. The van der Waals surface area contributed by atoms with Crippen molar-refractivity contribution >= 4 is 17.7 Å². The summed E-state index contributed by atoms with van der Waals surface area (Å²) in [6, 6.07) is 14.3. The number of hydrogen-bond acceptors (Lipinski definition) is 4. The molecule has 0 unspecified atom stereocenters. The predicted octanol–water partition coefficient (Wildman–Crippen LogP) is 4.90. The second-order valence-electron chi connectivity index (χ2n) is 4.49. The third-order valence-electron chi connectivity index (χ3n) is 2.85. The zero-order valence-electron chi connectivity index (χ0n) is 13.0. The number of ether oxygens (including phenoxy) is 2. The molecule has 1 amide bonds. The molecule has 0 atom stereocenters. The molecule has 6 heteroatoms. The van der Waals surface area contributed by atoms with Gasteiger partial charge >= 0.3 is 6.09 Å². The first-order valence-corrected chi connectivity index (χ1v) is 7.66. The van der Waals surface area contributed by atoms with Gasteiger partial charge in [0.25, 0.3) is 0 Å². The SMILES string of the molecule is CCOC(=O)N(CC)Oc1ccc(Oc2ccccc2)cc1Cl. The van der Waals surface area contributed by atoms with Gasteiger partial charge in [-0.2, -0.15) is 0 Å². The Morgan fingerprint density at radius 3 is 2.43 bits per heavy atom. The summed E-state index contributed by atoms with van der Waals surface area (Å²) in [5, 5.41) is 1.43. The molecule has 0 aliphatic rings. The van der Waals surface area contributed by atoms with Crippen LogP contribution in [0.4, 0.5) is 4.79 Å². The van der Waals surface area contributed by atoms with Gasteiger partial charge in [0, 0.05) is 6.07 Å². The number of hydrogen-bond donors (Lipinski definition) is 0. The van der Waals surface area contributed by atoms with Gasteiger partial charge in [-0.3, -0.25) is 0 Å². The Morgan fingerprint density at radius 1 is 1.09 bits per heavy atom. The summed E-state index contributed by atoms with van der Waals surface area (Å²) in [4.78, 5) is 17.2. The van der Waals surface area contributed by atoms with Crippen molar-refractivity contribution in [2.45, 2.75) is 13.8 Å². The summed E-state index contributed by atoms with van der Waals surface area (Å²) >= 11 is 6.19. The van der Waals surface area contributed by atoms with Gasteiger partial charge in [0.05, 0.1) is 18.2 Å². The van der Waals surface area contributed by atoms with E-state index in [2.05, 4.69) is 0 Å². The van der Waals surface area contributed by atoms with E-state index in [0.29, 0.717) is 28.8 Å². The Bertz CT molecular complexity index is 648. The summed E-state index contributed by atoms with van der Waals surface area (Å²) < 4.78 is 10.6. The largest absolute Gasteiger partial charge is 0.457 e. The average Bonchev–Trinajstić information content (AvgIpc) is 2.55. The van der Waals surface area contributed by atoms with Crippen LogP contribution in [0.1, 0.15) is 13.8 Å². The van der Waals surface area contributed by atoms with Gasteiger partial charge < -0.3 is 14.3 Å². The number of nitrogens with zero attached hydrogens (tertiary/aromatic N) is 1. The van der Waals surface area contributed by atoms with Crippen LogP contribution in [0.5, 0.6) is 17.2 Å². The maximum absolute atomic E-state index is 11.7. The second kappa shape index (κ2) is 8.29. The molecule has 0 saturated carbocycles. The number of amides is 1. The standard InChI is InChI=1S/C17H18ClNO4/c1-3-19(17(20)21-4-2)23-16-11-10-14(12-15(16)18)22-13-8-6-5-7-9-13/h5-12H,3-4H2,1-2H3. The highest BCUT2D eigenvalue weighted by molar-refractivity contribution is 6.32. The summed E-state index contributed by atoms with van der Waals surface area (Å²) in [6.45, 7) is 4.11. The molecule has 0 fully saturated rings. The van der Waals surface area contributed by atoms with Gasteiger partial charge in [-0.15, -0.1) is 5.06 Å². The molecule has 0 aromatic heterocycles. The first-order valence-electron chi connectivity index (χ1n) is 7.28. The lowest BCUT2D eigenvalue weighted by molar-refractivity contribution is -0.0430. The van der Waals surface area contributed by atoms with Crippen LogP contribution in [0.25, 0.3) is 0 Å². The monoisotopic (exact) mass is 335 g/mol. The van der Waals surface area contributed by atoms with Crippen molar-refractivity contribution in [3.63, 3.8) is 0 Å². The molecule has 0 heterocycles. The fourth-order valence-corrected chi connectivity index (χ4v) is 1.99. The van der Waals surface area contributed by atoms with Crippen molar-refractivity contribution in [3.8, 4) is 17.2 Å². The number of para-hydroxylation sites is 1. The fourth-order valence-electron chi connectivity index (χ4n) is 1.79. The van der Waals surface area contributed by atoms with Crippen LogP contribution in [0, 0.1) is 0 Å². The minimum absolute atomic E-state index is 0.274. The molecule has 23 heavy (non-hydrogen) atoms. The van der Waals surface area contributed by atoms with E-state index in [1.807, 2.05) is 30.3 Å². The molecule has 0 N–H and O–H groups in total. The van der Waals surface area contributed by atoms with Crippen molar-refractivity contribution in [1.82, 2.24) is 5.06 Å². The lowest BCUT2D eigenvalue weighted by atomic mass is 10.3. The number of rotatable bonds is 6. The molecular formula is C17H18ClNO4. The minimum Gasteiger partial charge on any atom is -0.457 e. The van der Waals surface area contributed by atoms with E-state index in [1.165, 1.54) is 0 Å². The van der Waals surface area contributed by atoms with E-state index in [1.54, 1.807) is 32.0 Å². The van der Waals surface area contributed by atoms with E-state index in [9.17, 15) is 4.79 Å². The summed E-state index contributed by atoms with van der Waals surface area (Å²) in [6.07, 6.45) is -0.560. The van der Waals surface area contributed by atoms with E-state index >= 15 is 0 Å². The lowest BCUT2D eigenvalue weighted by Crippen LogP contribution is -2.34. The summed E-state index contributed by atoms with van der Waals surface area (Å²) in [5.41, 5.74) is 0. The van der Waals surface area contributed by atoms with Crippen LogP contribution in [0.3, 0.4) is 0 Å². The summed E-state index contributed by atoms with van der Waals surface area (Å²) in [7, 11) is 0. The van der Waals surface area contributed by atoms with Gasteiger partial charge in [0.1, 0.15) is 11.5 Å². The predicted molar refractivity (Wildman–Crippen MR) is 88.0 cm³/mol. The van der Waals surface area contributed by atoms with Crippen molar-refractivity contribution in [3.05, 3.63) is 53.6 Å². The molecule has 2 aromatic carbocycles. The smallest absolute Gasteiger partial charge is 0.443 e. The first-order chi connectivity index (χ1) is 11.1. The minimum atomic E-state index is -0.560. The van der Waals surface area contributed by atoms with Crippen LogP contribution in [-0.2, 0) is 4.74 Å². The average molecular weight is 336 g/mol. The molecular weight excluding hydrogens is 318 g/mol. The Balaban J connectivity index is 2.08. The quantitative estimate of drug-likeness (QED) is 0.704. The Labute approximate surface area is 140 Å². The number of hydroxylamine groups is 2. The molecule has 0 spiro atoms. The Hall–Kier alpha value is -2.40. The normalized spacial score (nSPS) is 10.0. The van der Waals surface area contributed by atoms with Gasteiger partial charge in [-0.05, 0) is 38.1 Å². The molecule has 0 aliphatic heterocycles. The van der Waals surface area contributed by atoms with Gasteiger partial charge in [-0.25, -0.2) is 4.79 Å². The highest BCUT2D eigenvalue weighted by atomic mass is 35.5. The van der Waals surface area contributed by atoms with Crippen LogP contribution >= 0.6 is 11.6 Å². The Kier molecular flexibility index (Phi) is 6.11. The number of halogens is 1. The molecule has 122 valence electrons. The molecule has 2 aromatic rings. The zero-order valence-corrected chi connectivity index (χ0v) is 13.7. The van der Waals surface area contributed by atoms with Crippen molar-refractivity contribution in [1.29, 1.82) is 0 Å². The molecule has 5 nitrogen and oxygen atoms in total. The number of benzene rings is 2. The third-order valence-corrected chi connectivity index (χ3v) is 3.14. The van der Waals surface area contributed by atoms with E-state index in [-0.39, 0.29) is 6.61 Å². The third kappa shape index (κ3) is 4.79. The van der Waals surface area contributed by atoms with Crippen molar-refractivity contribution in [2.75, 3.05) is 13.2 Å². The number of carbonyl (C=O) groups is 1. The molecule has 0 saturated heterocycles. The Morgan fingerprint density at radius 2 is 1.83 bits per heavy atom. The van der Waals surface area contributed by atoms with E-state index < -0.39 is 6.09 Å². The van der Waals surface area contributed by atoms with Crippen molar-refractivity contribution < 1.29 is 19.1 Å².